The van der Waals surface area contributed by atoms with E-state index in [4.69, 9.17) is 4.74 Å². The summed E-state index contributed by atoms with van der Waals surface area (Å²) in [6, 6.07) is 4.99. The molecule has 18 heavy (non-hydrogen) atoms. The van der Waals surface area contributed by atoms with Crippen LogP contribution in [0.4, 0.5) is 4.39 Å². The van der Waals surface area contributed by atoms with Crippen molar-refractivity contribution >= 4 is 15.9 Å². The standard InChI is InChI=1S/C14H21BrFNO/c1-11(2)10-18-7-3-6-17-9-12-8-13(15)4-5-14(12)16/h4-5,8,11,17H,3,6-7,9-10H2,1-2H3. The molecule has 2 nitrogen and oxygen atoms in total. The molecule has 0 aromatic heterocycles. The molecule has 0 aliphatic rings. The molecular weight excluding hydrogens is 297 g/mol. The van der Waals surface area contributed by atoms with Crippen LogP contribution >= 0.6 is 15.9 Å². The zero-order chi connectivity index (χ0) is 13.4. The van der Waals surface area contributed by atoms with E-state index in [1.54, 1.807) is 12.1 Å². The number of halogens is 2. The first-order valence-corrected chi connectivity index (χ1v) is 7.11. The first-order valence-electron chi connectivity index (χ1n) is 6.32. The van der Waals surface area contributed by atoms with Gasteiger partial charge in [0.2, 0.25) is 0 Å². The molecule has 0 amide bonds. The SMILES string of the molecule is CC(C)COCCCNCc1cc(Br)ccc1F. The second kappa shape index (κ2) is 8.62. The van der Waals surface area contributed by atoms with Crippen LogP contribution in [-0.2, 0) is 11.3 Å². The van der Waals surface area contributed by atoms with E-state index in [0.29, 0.717) is 18.0 Å². The van der Waals surface area contributed by atoms with E-state index in [1.165, 1.54) is 6.07 Å². The predicted molar refractivity (Wildman–Crippen MR) is 76.1 cm³/mol. The molecule has 1 aromatic carbocycles. The van der Waals surface area contributed by atoms with Crippen LogP contribution in [0.1, 0.15) is 25.8 Å². The Bertz CT molecular complexity index is 358. The van der Waals surface area contributed by atoms with Crippen molar-refractivity contribution < 1.29 is 9.13 Å². The summed E-state index contributed by atoms with van der Waals surface area (Å²) in [7, 11) is 0. The molecule has 1 N–H and O–H groups in total. The molecule has 0 heterocycles. The van der Waals surface area contributed by atoms with Gasteiger partial charge in [-0.3, -0.25) is 0 Å². The Balaban J connectivity index is 2.12. The summed E-state index contributed by atoms with van der Waals surface area (Å²) in [5.41, 5.74) is 0.687. The van der Waals surface area contributed by atoms with E-state index in [9.17, 15) is 4.39 Å². The minimum Gasteiger partial charge on any atom is -0.381 e. The van der Waals surface area contributed by atoms with Crippen molar-refractivity contribution in [3.8, 4) is 0 Å². The van der Waals surface area contributed by atoms with Gasteiger partial charge < -0.3 is 10.1 Å². The lowest BCUT2D eigenvalue weighted by Crippen LogP contribution is -2.17. The minimum atomic E-state index is -0.165. The van der Waals surface area contributed by atoms with Crippen LogP contribution in [0.3, 0.4) is 0 Å². The predicted octanol–water partition coefficient (Wildman–Crippen LogP) is 3.74. The smallest absolute Gasteiger partial charge is 0.127 e. The van der Waals surface area contributed by atoms with Gasteiger partial charge in [-0.1, -0.05) is 29.8 Å². The third-order valence-corrected chi connectivity index (χ3v) is 2.91. The second-order valence-electron chi connectivity index (χ2n) is 4.73. The molecule has 0 fully saturated rings. The lowest BCUT2D eigenvalue weighted by Gasteiger charge is -2.08. The summed E-state index contributed by atoms with van der Waals surface area (Å²) in [5, 5.41) is 3.22. The summed E-state index contributed by atoms with van der Waals surface area (Å²) >= 11 is 3.34. The Morgan fingerprint density at radius 1 is 1.39 bits per heavy atom. The van der Waals surface area contributed by atoms with E-state index in [0.717, 1.165) is 30.7 Å². The molecule has 0 saturated heterocycles. The number of hydrogen-bond donors (Lipinski definition) is 1. The number of hydrogen-bond acceptors (Lipinski definition) is 2. The molecule has 0 saturated carbocycles. The second-order valence-corrected chi connectivity index (χ2v) is 5.65. The van der Waals surface area contributed by atoms with E-state index in [2.05, 4.69) is 35.1 Å². The van der Waals surface area contributed by atoms with Crippen LogP contribution < -0.4 is 5.32 Å². The Morgan fingerprint density at radius 3 is 2.89 bits per heavy atom. The zero-order valence-electron chi connectivity index (χ0n) is 11.0. The van der Waals surface area contributed by atoms with Crippen LogP contribution in [0.2, 0.25) is 0 Å². The lowest BCUT2D eigenvalue weighted by molar-refractivity contribution is 0.108. The van der Waals surface area contributed by atoms with Crippen molar-refractivity contribution in [3.05, 3.63) is 34.1 Å². The number of nitrogens with one attached hydrogen (secondary N) is 1. The fourth-order valence-corrected chi connectivity index (χ4v) is 1.93. The van der Waals surface area contributed by atoms with Crippen molar-refractivity contribution in [2.45, 2.75) is 26.8 Å². The molecule has 0 aliphatic carbocycles. The Kier molecular flexibility index (Phi) is 7.47. The minimum absolute atomic E-state index is 0.165. The summed E-state index contributed by atoms with van der Waals surface area (Å²) in [6.07, 6.45) is 0.947. The summed E-state index contributed by atoms with van der Waals surface area (Å²) in [6.45, 7) is 7.22. The molecule has 1 rings (SSSR count). The van der Waals surface area contributed by atoms with Crippen LogP contribution in [0.5, 0.6) is 0 Å². The average Bonchev–Trinajstić information content (AvgIpc) is 2.32. The third kappa shape index (κ3) is 6.47. The van der Waals surface area contributed by atoms with Crippen LogP contribution in [0, 0.1) is 11.7 Å². The van der Waals surface area contributed by atoms with Gasteiger partial charge in [0.25, 0.3) is 0 Å². The van der Waals surface area contributed by atoms with Crippen molar-refractivity contribution in [2.75, 3.05) is 19.8 Å². The normalized spacial score (nSPS) is 11.2. The molecule has 4 heteroatoms. The number of ether oxygens (including phenoxy) is 1. The molecule has 102 valence electrons. The van der Waals surface area contributed by atoms with Crippen molar-refractivity contribution in [1.82, 2.24) is 5.32 Å². The van der Waals surface area contributed by atoms with Gasteiger partial charge >= 0.3 is 0 Å². The van der Waals surface area contributed by atoms with Crippen molar-refractivity contribution in [3.63, 3.8) is 0 Å². The highest BCUT2D eigenvalue weighted by Gasteiger charge is 2.02. The highest BCUT2D eigenvalue weighted by atomic mass is 79.9. The molecule has 0 radical (unpaired) electrons. The van der Waals surface area contributed by atoms with Gasteiger partial charge in [0, 0.05) is 29.8 Å². The molecule has 1 aromatic rings. The van der Waals surface area contributed by atoms with Gasteiger partial charge in [-0.15, -0.1) is 0 Å². The first kappa shape index (κ1) is 15.6. The Morgan fingerprint density at radius 2 is 2.17 bits per heavy atom. The average molecular weight is 318 g/mol. The highest BCUT2D eigenvalue weighted by Crippen LogP contribution is 2.15. The van der Waals surface area contributed by atoms with Crippen molar-refractivity contribution in [1.29, 1.82) is 0 Å². The zero-order valence-corrected chi connectivity index (χ0v) is 12.6. The van der Waals surface area contributed by atoms with Gasteiger partial charge in [0.15, 0.2) is 0 Å². The monoisotopic (exact) mass is 317 g/mol. The van der Waals surface area contributed by atoms with E-state index >= 15 is 0 Å². The molecule has 0 bridgehead atoms. The highest BCUT2D eigenvalue weighted by molar-refractivity contribution is 9.10. The molecule has 0 spiro atoms. The molecule has 0 atom stereocenters. The Hall–Kier alpha value is -0.450. The van der Waals surface area contributed by atoms with Gasteiger partial charge in [-0.2, -0.15) is 0 Å². The van der Waals surface area contributed by atoms with E-state index < -0.39 is 0 Å². The topological polar surface area (TPSA) is 21.3 Å². The summed E-state index contributed by atoms with van der Waals surface area (Å²) in [4.78, 5) is 0. The first-order chi connectivity index (χ1) is 8.59. The van der Waals surface area contributed by atoms with Crippen molar-refractivity contribution in [2.24, 2.45) is 5.92 Å². The maximum atomic E-state index is 13.4. The third-order valence-electron chi connectivity index (χ3n) is 2.42. The van der Waals surface area contributed by atoms with Gasteiger partial charge in [-0.05, 0) is 37.1 Å². The maximum Gasteiger partial charge on any atom is 0.127 e. The van der Waals surface area contributed by atoms with E-state index in [-0.39, 0.29) is 5.82 Å². The fourth-order valence-electron chi connectivity index (χ4n) is 1.52. The summed E-state index contributed by atoms with van der Waals surface area (Å²) < 4.78 is 19.8. The largest absolute Gasteiger partial charge is 0.381 e. The summed E-state index contributed by atoms with van der Waals surface area (Å²) in [5.74, 6) is 0.412. The van der Waals surface area contributed by atoms with Crippen LogP contribution in [0.25, 0.3) is 0 Å². The van der Waals surface area contributed by atoms with Gasteiger partial charge in [0.1, 0.15) is 5.82 Å². The van der Waals surface area contributed by atoms with E-state index in [1.807, 2.05) is 0 Å². The quantitative estimate of drug-likeness (QED) is 0.737. The molecule has 0 aliphatic heterocycles. The van der Waals surface area contributed by atoms with Gasteiger partial charge in [0.05, 0.1) is 0 Å². The maximum absolute atomic E-state index is 13.4. The molecular formula is C14H21BrFNO. The van der Waals surface area contributed by atoms with Crippen LogP contribution in [0.15, 0.2) is 22.7 Å². The number of rotatable bonds is 8. The number of benzene rings is 1. The fraction of sp³-hybridized carbons (Fsp3) is 0.571. The molecule has 0 unspecified atom stereocenters. The lowest BCUT2D eigenvalue weighted by atomic mass is 10.2. The van der Waals surface area contributed by atoms with Gasteiger partial charge in [-0.25, -0.2) is 4.39 Å². The van der Waals surface area contributed by atoms with Crippen LogP contribution in [-0.4, -0.2) is 19.8 Å². The Labute approximate surface area is 117 Å².